The van der Waals surface area contributed by atoms with Gasteiger partial charge < -0.3 is 35.6 Å². The molecular weight excluding hydrogens is 470 g/mol. The number of ether oxygens (including phenoxy) is 2. The van der Waals surface area contributed by atoms with E-state index in [9.17, 15) is 9.59 Å². The molecule has 3 aromatic rings. The van der Waals surface area contributed by atoms with Crippen molar-refractivity contribution in [2.24, 2.45) is 0 Å². The monoisotopic (exact) mass is 505 g/mol. The van der Waals surface area contributed by atoms with Crippen LogP contribution in [-0.4, -0.2) is 63.1 Å². The van der Waals surface area contributed by atoms with Crippen LogP contribution in [-0.2, 0) is 6.54 Å². The van der Waals surface area contributed by atoms with Crippen LogP contribution in [0.3, 0.4) is 0 Å². The standard InChI is InChI=1S/C28H35N5O4/c1-32(2)16-7-17-33(28(35)30-22-14-15-25(36-3)26(18-22)37-4)19-20-10-12-21(13-11-20)27(34)31-24-9-6-5-8-23(24)29/h5-6,8-15,18H,7,16-17,19,29H2,1-4H3,(H,30,35)(H,31,34). The van der Waals surface area contributed by atoms with Crippen molar-refractivity contribution >= 4 is 29.0 Å². The smallest absolute Gasteiger partial charge is 0.322 e. The second-order valence-corrected chi connectivity index (χ2v) is 8.82. The van der Waals surface area contributed by atoms with Crippen molar-refractivity contribution in [1.82, 2.24) is 9.80 Å². The van der Waals surface area contributed by atoms with E-state index in [-0.39, 0.29) is 11.9 Å². The SMILES string of the molecule is COc1ccc(NC(=O)N(CCCN(C)C)Cc2ccc(C(=O)Nc3ccccc3N)cc2)cc1OC. The highest BCUT2D eigenvalue weighted by atomic mass is 16.5. The topological polar surface area (TPSA) is 109 Å². The van der Waals surface area contributed by atoms with Crippen LogP contribution in [0.2, 0.25) is 0 Å². The van der Waals surface area contributed by atoms with Crippen molar-refractivity contribution in [1.29, 1.82) is 0 Å². The maximum absolute atomic E-state index is 13.2. The van der Waals surface area contributed by atoms with Gasteiger partial charge in [-0.2, -0.15) is 0 Å². The summed E-state index contributed by atoms with van der Waals surface area (Å²) >= 11 is 0. The number of nitrogens with zero attached hydrogens (tertiary/aromatic N) is 2. The highest BCUT2D eigenvalue weighted by molar-refractivity contribution is 6.05. The molecule has 0 aliphatic carbocycles. The normalized spacial score (nSPS) is 10.6. The average Bonchev–Trinajstić information content (AvgIpc) is 2.89. The number of carbonyl (C=O) groups excluding carboxylic acids is 2. The van der Waals surface area contributed by atoms with Crippen molar-refractivity contribution in [3.05, 3.63) is 77.9 Å². The summed E-state index contributed by atoms with van der Waals surface area (Å²) in [7, 11) is 7.12. The average molecular weight is 506 g/mol. The summed E-state index contributed by atoms with van der Waals surface area (Å²) in [6, 6.07) is 19.3. The summed E-state index contributed by atoms with van der Waals surface area (Å²) in [4.78, 5) is 29.7. The summed E-state index contributed by atoms with van der Waals surface area (Å²) < 4.78 is 10.6. The van der Waals surface area contributed by atoms with Crippen LogP contribution in [0.4, 0.5) is 21.9 Å². The molecule has 0 saturated heterocycles. The zero-order valence-electron chi connectivity index (χ0n) is 21.8. The van der Waals surface area contributed by atoms with Crippen LogP contribution < -0.4 is 25.8 Å². The molecule has 0 atom stereocenters. The van der Waals surface area contributed by atoms with E-state index in [2.05, 4.69) is 15.5 Å². The van der Waals surface area contributed by atoms with Crippen LogP contribution in [0.25, 0.3) is 0 Å². The first-order valence-electron chi connectivity index (χ1n) is 12.0. The van der Waals surface area contributed by atoms with Gasteiger partial charge in [0.2, 0.25) is 0 Å². The van der Waals surface area contributed by atoms with Crippen LogP contribution in [0.15, 0.2) is 66.7 Å². The van der Waals surface area contributed by atoms with Gasteiger partial charge in [0.15, 0.2) is 11.5 Å². The minimum absolute atomic E-state index is 0.229. The van der Waals surface area contributed by atoms with Gasteiger partial charge in [-0.25, -0.2) is 4.79 Å². The second-order valence-electron chi connectivity index (χ2n) is 8.82. The molecule has 9 nitrogen and oxygen atoms in total. The summed E-state index contributed by atoms with van der Waals surface area (Å²) in [6.45, 7) is 1.80. The molecule has 0 fully saturated rings. The van der Waals surface area contributed by atoms with Crippen LogP contribution >= 0.6 is 0 Å². The number of nitrogen functional groups attached to an aromatic ring is 1. The fourth-order valence-electron chi connectivity index (χ4n) is 3.73. The maximum Gasteiger partial charge on any atom is 0.322 e. The van der Waals surface area contributed by atoms with E-state index in [1.807, 2.05) is 38.4 Å². The Labute approximate surface area is 218 Å². The third-order valence-corrected chi connectivity index (χ3v) is 5.75. The lowest BCUT2D eigenvalue weighted by atomic mass is 10.1. The summed E-state index contributed by atoms with van der Waals surface area (Å²) in [5, 5.41) is 5.78. The number of carbonyl (C=O) groups is 2. The Bertz CT molecular complexity index is 1200. The predicted molar refractivity (Wildman–Crippen MR) is 147 cm³/mol. The molecule has 3 aromatic carbocycles. The molecule has 0 spiro atoms. The second kappa shape index (κ2) is 13.2. The quantitative estimate of drug-likeness (QED) is 0.331. The van der Waals surface area contributed by atoms with Crippen molar-refractivity contribution in [2.45, 2.75) is 13.0 Å². The molecule has 4 N–H and O–H groups in total. The van der Waals surface area contributed by atoms with Gasteiger partial charge in [0.25, 0.3) is 5.91 Å². The highest BCUT2D eigenvalue weighted by Gasteiger charge is 2.16. The molecule has 0 aliphatic heterocycles. The lowest BCUT2D eigenvalue weighted by Crippen LogP contribution is -2.36. The Kier molecular flexibility index (Phi) is 9.74. The van der Waals surface area contributed by atoms with E-state index >= 15 is 0 Å². The zero-order valence-corrected chi connectivity index (χ0v) is 21.8. The molecule has 37 heavy (non-hydrogen) atoms. The molecule has 0 aromatic heterocycles. The molecule has 9 heteroatoms. The number of hydrogen-bond acceptors (Lipinski definition) is 6. The Morgan fingerprint density at radius 1 is 0.865 bits per heavy atom. The largest absolute Gasteiger partial charge is 0.493 e. The predicted octanol–water partition coefficient (Wildman–Crippen LogP) is 4.52. The fourth-order valence-corrected chi connectivity index (χ4v) is 3.73. The number of amides is 3. The number of anilines is 3. The van der Waals surface area contributed by atoms with Gasteiger partial charge >= 0.3 is 6.03 Å². The lowest BCUT2D eigenvalue weighted by molar-refractivity contribution is 0.102. The molecule has 0 heterocycles. The number of urea groups is 1. The van der Waals surface area contributed by atoms with E-state index in [1.165, 1.54) is 0 Å². The van der Waals surface area contributed by atoms with Crippen molar-refractivity contribution in [3.8, 4) is 11.5 Å². The van der Waals surface area contributed by atoms with Crippen molar-refractivity contribution < 1.29 is 19.1 Å². The number of benzene rings is 3. The van der Waals surface area contributed by atoms with E-state index in [0.29, 0.717) is 47.2 Å². The number of para-hydroxylation sites is 2. The third-order valence-electron chi connectivity index (χ3n) is 5.75. The van der Waals surface area contributed by atoms with E-state index in [1.54, 1.807) is 61.6 Å². The Morgan fingerprint density at radius 2 is 1.57 bits per heavy atom. The molecule has 0 bridgehead atoms. The van der Waals surface area contributed by atoms with E-state index in [4.69, 9.17) is 15.2 Å². The van der Waals surface area contributed by atoms with Crippen molar-refractivity contribution in [3.63, 3.8) is 0 Å². The lowest BCUT2D eigenvalue weighted by Gasteiger charge is -2.24. The molecule has 0 aliphatic rings. The summed E-state index contributed by atoms with van der Waals surface area (Å²) in [6.07, 6.45) is 0.811. The minimum Gasteiger partial charge on any atom is -0.493 e. The van der Waals surface area contributed by atoms with Crippen LogP contribution in [0, 0.1) is 0 Å². The first-order valence-corrected chi connectivity index (χ1v) is 12.0. The molecular formula is C28H35N5O4. The third kappa shape index (κ3) is 7.88. The first kappa shape index (κ1) is 27.3. The molecule has 0 radical (unpaired) electrons. The molecule has 3 amide bonds. The number of rotatable bonds is 11. The summed E-state index contributed by atoms with van der Waals surface area (Å²) in [5.74, 6) is 0.867. The summed E-state index contributed by atoms with van der Waals surface area (Å²) in [5.41, 5.74) is 9.00. The fraction of sp³-hybridized carbons (Fsp3) is 0.286. The zero-order chi connectivity index (χ0) is 26.8. The minimum atomic E-state index is -0.251. The number of hydrogen-bond donors (Lipinski definition) is 3. The van der Waals surface area contributed by atoms with Gasteiger partial charge in [-0.3, -0.25) is 4.79 Å². The maximum atomic E-state index is 13.2. The van der Waals surface area contributed by atoms with Gasteiger partial charge in [-0.1, -0.05) is 24.3 Å². The van der Waals surface area contributed by atoms with Gasteiger partial charge in [0.05, 0.1) is 25.6 Å². The molecule has 0 saturated carbocycles. The Morgan fingerprint density at radius 3 is 2.22 bits per heavy atom. The van der Waals surface area contributed by atoms with Crippen LogP contribution in [0.5, 0.6) is 11.5 Å². The molecule has 3 rings (SSSR count). The number of nitrogens with two attached hydrogens (primary N) is 1. The number of methoxy groups -OCH3 is 2. The van der Waals surface area contributed by atoms with Crippen molar-refractivity contribution in [2.75, 3.05) is 57.8 Å². The first-order chi connectivity index (χ1) is 17.8. The molecule has 0 unspecified atom stereocenters. The highest BCUT2D eigenvalue weighted by Crippen LogP contribution is 2.30. The van der Waals surface area contributed by atoms with Crippen LogP contribution in [0.1, 0.15) is 22.3 Å². The van der Waals surface area contributed by atoms with Gasteiger partial charge in [-0.05, 0) is 69.0 Å². The van der Waals surface area contributed by atoms with E-state index in [0.717, 1.165) is 18.5 Å². The molecule has 196 valence electrons. The van der Waals surface area contributed by atoms with E-state index < -0.39 is 0 Å². The number of nitrogens with one attached hydrogen (secondary N) is 2. The van der Waals surface area contributed by atoms with Gasteiger partial charge in [-0.15, -0.1) is 0 Å². The van der Waals surface area contributed by atoms with Gasteiger partial charge in [0.1, 0.15) is 0 Å². The Balaban J connectivity index is 1.70. The van der Waals surface area contributed by atoms with Gasteiger partial charge in [0, 0.05) is 30.4 Å². The Hall–Kier alpha value is -4.24.